The van der Waals surface area contributed by atoms with E-state index in [1.54, 1.807) is 12.1 Å². The van der Waals surface area contributed by atoms with Crippen LogP contribution in [0.15, 0.2) is 18.2 Å². The Kier molecular flexibility index (Phi) is 8.56. The summed E-state index contributed by atoms with van der Waals surface area (Å²) >= 11 is 0. The number of hydrogen-bond donors (Lipinski definition) is 0. The third kappa shape index (κ3) is 5.83. The molecule has 1 fully saturated rings. The van der Waals surface area contributed by atoms with Crippen molar-refractivity contribution in [2.45, 2.75) is 90.9 Å². The van der Waals surface area contributed by atoms with Gasteiger partial charge < -0.3 is 4.74 Å². The van der Waals surface area contributed by atoms with Gasteiger partial charge in [-0.1, -0.05) is 58.4 Å². The Morgan fingerprint density at radius 3 is 2.31 bits per heavy atom. The van der Waals surface area contributed by atoms with E-state index in [1.807, 2.05) is 6.92 Å². The first-order valence-electron chi connectivity index (χ1n) is 11.9. The first kappa shape index (κ1) is 22.3. The molecule has 29 heavy (non-hydrogen) atoms. The molecule has 0 saturated heterocycles. The SMILES string of the molecule is CCCCOc1ccc(C2=CCC(C3CCC(CCCC)CC3)CC2)c(F)c1F. The number of benzene rings is 1. The van der Waals surface area contributed by atoms with E-state index in [2.05, 4.69) is 13.0 Å². The quantitative estimate of drug-likeness (QED) is 0.376. The van der Waals surface area contributed by atoms with Gasteiger partial charge in [-0.25, -0.2) is 4.39 Å². The van der Waals surface area contributed by atoms with Crippen LogP contribution in [-0.4, -0.2) is 6.61 Å². The second kappa shape index (κ2) is 11.1. The highest BCUT2D eigenvalue weighted by molar-refractivity contribution is 5.67. The molecule has 2 aliphatic carbocycles. The monoisotopic (exact) mass is 404 g/mol. The smallest absolute Gasteiger partial charge is 0.201 e. The molecule has 0 aromatic heterocycles. The fourth-order valence-corrected chi connectivity index (χ4v) is 5.19. The zero-order chi connectivity index (χ0) is 20.6. The van der Waals surface area contributed by atoms with Gasteiger partial charge in [0.15, 0.2) is 11.6 Å². The average molecular weight is 405 g/mol. The lowest BCUT2D eigenvalue weighted by Crippen LogP contribution is -2.23. The van der Waals surface area contributed by atoms with Gasteiger partial charge in [0.1, 0.15) is 0 Å². The molecule has 1 aromatic carbocycles. The van der Waals surface area contributed by atoms with Crippen LogP contribution in [0.25, 0.3) is 5.57 Å². The lowest BCUT2D eigenvalue weighted by molar-refractivity contribution is 0.188. The van der Waals surface area contributed by atoms with E-state index in [0.717, 1.165) is 55.4 Å². The number of unbranched alkanes of at least 4 members (excludes halogenated alkanes) is 2. The van der Waals surface area contributed by atoms with Gasteiger partial charge >= 0.3 is 0 Å². The van der Waals surface area contributed by atoms with Crippen LogP contribution in [-0.2, 0) is 0 Å². The molecule has 0 aliphatic heterocycles. The van der Waals surface area contributed by atoms with Crippen LogP contribution < -0.4 is 4.74 Å². The molecule has 0 amide bonds. The van der Waals surface area contributed by atoms with E-state index in [4.69, 9.17) is 4.74 Å². The van der Waals surface area contributed by atoms with Crippen LogP contribution in [0.1, 0.15) is 96.5 Å². The number of halogens is 2. The maximum absolute atomic E-state index is 14.7. The van der Waals surface area contributed by atoms with Crippen molar-refractivity contribution in [3.8, 4) is 5.75 Å². The van der Waals surface area contributed by atoms with Crippen molar-refractivity contribution in [1.29, 1.82) is 0 Å². The molecule has 1 unspecified atom stereocenters. The molecule has 3 heteroatoms. The Morgan fingerprint density at radius 1 is 0.897 bits per heavy atom. The lowest BCUT2D eigenvalue weighted by atomic mass is 9.70. The number of rotatable bonds is 9. The minimum absolute atomic E-state index is 0.0359. The van der Waals surface area contributed by atoms with Crippen LogP contribution in [0.4, 0.5) is 8.78 Å². The summed E-state index contributed by atoms with van der Waals surface area (Å²) in [7, 11) is 0. The molecular formula is C26H38F2O. The highest BCUT2D eigenvalue weighted by atomic mass is 19.2. The van der Waals surface area contributed by atoms with Crippen LogP contribution in [0.3, 0.4) is 0 Å². The zero-order valence-corrected chi connectivity index (χ0v) is 18.3. The first-order valence-corrected chi connectivity index (χ1v) is 11.9. The van der Waals surface area contributed by atoms with Gasteiger partial charge in [-0.15, -0.1) is 0 Å². The van der Waals surface area contributed by atoms with E-state index >= 15 is 0 Å². The van der Waals surface area contributed by atoms with Gasteiger partial charge in [-0.3, -0.25) is 0 Å². The van der Waals surface area contributed by atoms with Crippen LogP contribution in [0, 0.1) is 29.4 Å². The van der Waals surface area contributed by atoms with Crippen molar-refractivity contribution in [1.82, 2.24) is 0 Å². The predicted molar refractivity (Wildman–Crippen MR) is 117 cm³/mol. The molecule has 1 saturated carbocycles. The highest BCUT2D eigenvalue weighted by Gasteiger charge is 2.29. The Labute approximate surface area is 175 Å². The number of ether oxygens (including phenoxy) is 1. The number of hydrogen-bond acceptors (Lipinski definition) is 1. The van der Waals surface area contributed by atoms with Gasteiger partial charge in [0.2, 0.25) is 5.82 Å². The van der Waals surface area contributed by atoms with E-state index in [0.29, 0.717) is 12.2 Å². The molecular weight excluding hydrogens is 366 g/mol. The molecule has 1 aromatic rings. The summed E-state index contributed by atoms with van der Waals surface area (Å²) in [6, 6.07) is 3.29. The summed E-state index contributed by atoms with van der Waals surface area (Å²) in [6.07, 6.45) is 16.5. The summed E-state index contributed by atoms with van der Waals surface area (Å²) in [5.41, 5.74) is 1.39. The topological polar surface area (TPSA) is 9.23 Å². The van der Waals surface area contributed by atoms with Gasteiger partial charge in [0.05, 0.1) is 6.61 Å². The van der Waals surface area contributed by atoms with E-state index < -0.39 is 11.6 Å². The Morgan fingerprint density at radius 2 is 1.66 bits per heavy atom. The van der Waals surface area contributed by atoms with Crippen molar-refractivity contribution in [3.63, 3.8) is 0 Å². The Balaban J connectivity index is 1.56. The second-order valence-electron chi connectivity index (χ2n) is 9.13. The fraction of sp³-hybridized carbons (Fsp3) is 0.692. The predicted octanol–water partition coefficient (Wildman–Crippen LogP) is 8.32. The van der Waals surface area contributed by atoms with Gasteiger partial charge in [-0.05, 0) is 74.0 Å². The molecule has 0 heterocycles. The normalized spacial score (nSPS) is 25.0. The Bertz CT molecular complexity index is 674. The minimum atomic E-state index is -0.841. The average Bonchev–Trinajstić information content (AvgIpc) is 2.76. The van der Waals surface area contributed by atoms with E-state index in [1.165, 1.54) is 44.9 Å². The molecule has 0 radical (unpaired) electrons. The summed E-state index contributed by atoms with van der Waals surface area (Å²) in [5, 5.41) is 0. The third-order valence-corrected chi connectivity index (χ3v) is 7.12. The summed E-state index contributed by atoms with van der Waals surface area (Å²) < 4.78 is 34.5. The highest BCUT2D eigenvalue weighted by Crippen LogP contribution is 2.42. The van der Waals surface area contributed by atoms with Crippen LogP contribution in [0.2, 0.25) is 0 Å². The molecule has 0 bridgehead atoms. The van der Waals surface area contributed by atoms with Crippen molar-refractivity contribution in [3.05, 3.63) is 35.4 Å². The van der Waals surface area contributed by atoms with Gasteiger partial charge in [0.25, 0.3) is 0 Å². The van der Waals surface area contributed by atoms with Gasteiger partial charge in [-0.2, -0.15) is 4.39 Å². The summed E-state index contributed by atoms with van der Waals surface area (Å²) in [6.45, 7) is 4.75. The maximum Gasteiger partial charge on any atom is 0.201 e. The van der Waals surface area contributed by atoms with Crippen molar-refractivity contribution < 1.29 is 13.5 Å². The zero-order valence-electron chi connectivity index (χ0n) is 18.3. The van der Waals surface area contributed by atoms with Crippen LogP contribution in [0.5, 0.6) is 5.75 Å². The van der Waals surface area contributed by atoms with E-state index in [-0.39, 0.29) is 5.75 Å². The molecule has 2 aliphatic rings. The standard InChI is InChI=1S/C26H38F2O/c1-3-5-7-19-8-10-20(11-9-19)21-12-14-22(15-13-21)23-16-17-24(26(28)25(23)27)29-18-6-4-2/h14,16-17,19-21H,3-13,15,18H2,1-2H3. The van der Waals surface area contributed by atoms with E-state index in [9.17, 15) is 8.78 Å². The van der Waals surface area contributed by atoms with Crippen molar-refractivity contribution in [2.24, 2.45) is 17.8 Å². The number of allylic oxidation sites excluding steroid dienone is 2. The first-order chi connectivity index (χ1) is 14.1. The molecule has 1 nitrogen and oxygen atoms in total. The maximum atomic E-state index is 14.7. The largest absolute Gasteiger partial charge is 0.490 e. The Hall–Kier alpha value is -1.38. The molecule has 0 spiro atoms. The third-order valence-electron chi connectivity index (χ3n) is 7.12. The van der Waals surface area contributed by atoms with Gasteiger partial charge in [0, 0.05) is 5.56 Å². The van der Waals surface area contributed by atoms with Crippen molar-refractivity contribution in [2.75, 3.05) is 6.61 Å². The molecule has 162 valence electrons. The van der Waals surface area contributed by atoms with Crippen molar-refractivity contribution >= 4 is 5.57 Å². The molecule has 0 N–H and O–H groups in total. The second-order valence-corrected chi connectivity index (χ2v) is 9.13. The summed E-state index contributed by atoms with van der Waals surface area (Å²) in [4.78, 5) is 0. The fourth-order valence-electron chi connectivity index (χ4n) is 5.19. The minimum Gasteiger partial charge on any atom is -0.490 e. The summed E-state index contributed by atoms with van der Waals surface area (Å²) in [5.74, 6) is 0.925. The van der Waals surface area contributed by atoms with Crippen LogP contribution >= 0.6 is 0 Å². The molecule has 3 rings (SSSR count). The molecule has 1 atom stereocenters. The lowest BCUT2D eigenvalue weighted by Gasteiger charge is -2.35.